The molecule has 0 bridgehead atoms. The van der Waals surface area contributed by atoms with Gasteiger partial charge in [-0.05, 0) is 26.0 Å². The average Bonchev–Trinajstić information content (AvgIpc) is 2.98. The molecule has 0 saturated heterocycles. The number of nitrogens with zero attached hydrogens (tertiary/aromatic N) is 2. The van der Waals surface area contributed by atoms with Crippen LogP contribution in [0.4, 0.5) is 5.13 Å². The molecule has 138 valence electrons. The van der Waals surface area contributed by atoms with Crippen LogP contribution < -0.4 is 10.4 Å². The summed E-state index contributed by atoms with van der Waals surface area (Å²) in [6, 6.07) is 6.41. The van der Waals surface area contributed by atoms with Crippen LogP contribution in [-0.4, -0.2) is 40.3 Å². The van der Waals surface area contributed by atoms with Gasteiger partial charge in [-0.15, -0.1) is 11.3 Å². The Morgan fingerprint density at radius 2 is 2.00 bits per heavy atom. The first-order chi connectivity index (χ1) is 12.3. The summed E-state index contributed by atoms with van der Waals surface area (Å²) in [7, 11) is 0. The smallest absolute Gasteiger partial charge is 0.256 e. The fourth-order valence-electron chi connectivity index (χ4n) is 2.19. The molecule has 1 aromatic carbocycles. The number of hydrogen-bond acceptors (Lipinski definition) is 6. The maximum atomic E-state index is 12.7. The molecule has 0 aliphatic carbocycles. The Labute approximate surface area is 159 Å². The second kappa shape index (κ2) is 8.77. The second-order valence-electron chi connectivity index (χ2n) is 5.75. The summed E-state index contributed by atoms with van der Waals surface area (Å²) in [5, 5.41) is 15.2. The van der Waals surface area contributed by atoms with Gasteiger partial charge in [0, 0.05) is 23.8 Å². The molecule has 2 aromatic rings. The first-order valence-corrected chi connectivity index (χ1v) is 9.03. The molecule has 9 heteroatoms. The van der Waals surface area contributed by atoms with Gasteiger partial charge in [-0.1, -0.05) is 23.7 Å². The number of carboxylic acid groups (broad SMARTS) is 1. The second-order valence-corrected chi connectivity index (χ2v) is 7.01. The van der Waals surface area contributed by atoms with E-state index >= 15 is 0 Å². The molecule has 0 saturated carbocycles. The summed E-state index contributed by atoms with van der Waals surface area (Å²) in [5.74, 6) is -2.03. The molecule has 1 heterocycles. The number of carbonyl (C=O) groups excluding carboxylic acids is 3. The van der Waals surface area contributed by atoms with Crippen molar-refractivity contribution in [2.45, 2.75) is 26.3 Å². The molecule has 0 aliphatic rings. The molecule has 0 fully saturated rings. The number of aromatic nitrogens is 1. The highest BCUT2D eigenvalue weighted by Gasteiger charge is 2.23. The third-order valence-corrected chi connectivity index (χ3v) is 4.56. The molecule has 0 spiro atoms. The normalized spacial score (nSPS) is 10.6. The number of thiazole rings is 1. The lowest BCUT2D eigenvalue weighted by Gasteiger charge is -2.26. The van der Waals surface area contributed by atoms with Crippen LogP contribution in [0.5, 0.6) is 0 Å². The minimum Gasteiger partial charge on any atom is -0.550 e. The van der Waals surface area contributed by atoms with E-state index in [4.69, 9.17) is 11.6 Å². The van der Waals surface area contributed by atoms with E-state index in [2.05, 4.69) is 10.3 Å². The fraction of sp³-hybridized carbons (Fsp3) is 0.294. The van der Waals surface area contributed by atoms with Gasteiger partial charge >= 0.3 is 0 Å². The number of amides is 2. The van der Waals surface area contributed by atoms with Crippen LogP contribution in [0.25, 0.3) is 0 Å². The van der Waals surface area contributed by atoms with Gasteiger partial charge in [-0.25, -0.2) is 4.98 Å². The van der Waals surface area contributed by atoms with E-state index in [0.717, 1.165) is 11.3 Å². The number of anilines is 1. The molecule has 2 rings (SSSR count). The van der Waals surface area contributed by atoms with Crippen molar-refractivity contribution < 1.29 is 19.5 Å². The zero-order chi connectivity index (χ0) is 19.3. The summed E-state index contributed by atoms with van der Waals surface area (Å²) in [4.78, 5) is 40.9. The number of carbonyl (C=O) groups is 3. The highest BCUT2D eigenvalue weighted by molar-refractivity contribution is 7.13. The number of hydrogen-bond donors (Lipinski definition) is 1. The van der Waals surface area contributed by atoms with Gasteiger partial charge in [-0.2, -0.15) is 0 Å². The summed E-state index contributed by atoms with van der Waals surface area (Å²) in [6.45, 7) is 3.41. The quantitative estimate of drug-likeness (QED) is 0.768. The van der Waals surface area contributed by atoms with Crippen LogP contribution >= 0.6 is 22.9 Å². The van der Waals surface area contributed by atoms with E-state index in [1.54, 1.807) is 38.1 Å². The third kappa shape index (κ3) is 5.27. The molecule has 7 nitrogen and oxygen atoms in total. The van der Waals surface area contributed by atoms with Crippen molar-refractivity contribution in [3.63, 3.8) is 0 Å². The molecule has 1 aromatic heterocycles. The molecule has 2 amide bonds. The van der Waals surface area contributed by atoms with Crippen molar-refractivity contribution in [2.75, 3.05) is 11.9 Å². The molecule has 0 unspecified atom stereocenters. The molecule has 26 heavy (non-hydrogen) atoms. The van der Waals surface area contributed by atoms with Crippen molar-refractivity contribution in [1.82, 2.24) is 9.88 Å². The predicted octanol–water partition coefficient (Wildman–Crippen LogP) is 1.58. The van der Waals surface area contributed by atoms with Crippen LogP contribution in [0.1, 0.15) is 29.9 Å². The lowest BCUT2D eigenvalue weighted by atomic mass is 10.1. The van der Waals surface area contributed by atoms with Crippen molar-refractivity contribution in [3.8, 4) is 0 Å². The summed E-state index contributed by atoms with van der Waals surface area (Å²) < 4.78 is 0. The number of nitrogens with one attached hydrogen (secondary N) is 1. The summed E-state index contributed by atoms with van der Waals surface area (Å²) in [6.07, 6.45) is -0.324. The lowest BCUT2D eigenvalue weighted by molar-refractivity contribution is -0.304. The fourth-order valence-corrected chi connectivity index (χ4v) is 3.13. The van der Waals surface area contributed by atoms with Crippen LogP contribution in [-0.2, 0) is 16.0 Å². The molecule has 0 radical (unpaired) electrons. The topological polar surface area (TPSA) is 102 Å². The zero-order valence-electron chi connectivity index (χ0n) is 14.2. The Morgan fingerprint density at radius 1 is 1.31 bits per heavy atom. The first kappa shape index (κ1) is 19.9. The summed E-state index contributed by atoms with van der Waals surface area (Å²) in [5.41, 5.74) is 0.624. The van der Waals surface area contributed by atoms with Gasteiger partial charge in [0.1, 0.15) is 6.54 Å². The Kier molecular flexibility index (Phi) is 6.70. The molecule has 0 aliphatic heterocycles. The zero-order valence-corrected chi connectivity index (χ0v) is 15.8. The maximum Gasteiger partial charge on any atom is 0.256 e. The van der Waals surface area contributed by atoms with E-state index in [-0.39, 0.29) is 30.0 Å². The van der Waals surface area contributed by atoms with Crippen molar-refractivity contribution in [3.05, 3.63) is 45.9 Å². The Balaban J connectivity index is 2.06. The first-order valence-electron chi connectivity index (χ1n) is 7.77. The van der Waals surface area contributed by atoms with Crippen LogP contribution in [0, 0.1) is 0 Å². The van der Waals surface area contributed by atoms with E-state index in [9.17, 15) is 19.5 Å². The number of halogens is 1. The van der Waals surface area contributed by atoms with Gasteiger partial charge in [-0.3, -0.25) is 9.59 Å². The van der Waals surface area contributed by atoms with E-state index < -0.39 is 11.9 Å². The van der Waals surface area contributed by atoms with Gasteiger partial charge in [0.25, 0.3) is 5.91 Å². The summed E-state index contributed by atoms with van der Waals surface area (Å²) >= 11 is 7.17. The number of rotatable bonds is 7. The standard InChI is InChI=1S/C17H18ClN3O4S/c1-10(2)21(16(25)12-5-3-4-6-13(12)18)8-14(22)20-17-19-11(9-26-17)7-15(23)24/h3-6,9-10H,7-8H2,1-2H3,(H,23,24)(H,19,20,22)/p-1. The van der Waals surface area contributed by atoms with Crippen LogP contribution in [0.3, 0.4) is 0 Å². The highest BCUT2D eigenvalue weighted by Crippen LogP contribution is 2.19. The van der Waals surface area contributed by atoms with Gasteiger partial charge in [0.15, 0.2) is 5.13 Å². The molecule has 1 N–H and O–H groups in total. The van der Waals surface area contributed by atoms with E-state index in [0.29, 0.717) is 16.3 Å². The molecule has 0 atom stereocenters. The Hall–Kier alpha value is -2.45. The largest absolute Gasteiger partial charge is 0.550 e. The predicted molar refractivity (Wildman–Crippen MR) is 97.1 cm³/mol. The number of aliphatic carboxylic acids is 1. The highest BCUT2D eigenvalue weighted by atomic mass is 35.5. The van der Waals surface area contributed by atoms with E-state index in [1.165, 1.54) is 10.3 Å². The van der Waals surface area contributed by atoms with Crippen LogP contribution in [0.2, 0.25) is 5.02 Å². The van der Waals surface area contributed by atoms with Gasteiger partial charge < -0.3 is 20.1 Å². The van der Waals surface area contributed by atoms with Crippen molar-refractivity contribution in [2.24, 2.45) is 0 Å². The van der Waals surface area contributed by atoms with Crippen molar-refractivity contribution in [1.29, 1.82) is 0 Å². The molecular formula is C17H17ClN3O4S-. The minimum atomic E-state index is -1.25. The lowest BCUT2D eigenvalue weighted by Crippen LogP contribution is -2.42. The average molecular weight is 395 g/mol. The Bertz CT molecular complexity index is 822. The molecular weight excluding hydrogens is 378 g/mol. The number of benzene rings is 1. The van der Waals surface area contributed by atoms with Crippen molar-refractivity contribution >= 4 is 45.9 Å². The van der Waals surface area contributed by atoms with E-state index in [1.807, 2.05) is 0 Å². The third-order valence-electron chi connectivity index (χ3n) is 3.43. The Morgan fingerprint density at radius 3 is 2.62 bits per heavy atom. The van der Waals surface area contributed by atoms with Crippen LogP contribution in [0.15, 0.2) is 29.6 Å². The maximum absolute atomic E-state index is 12.7. The van der Waals surface area contributed by atoms with Gasteiger partial charge in [0.2, 0.25) is 5.91 Å². The minimum absolute atomic E-state index is 0.183. The monoisotopic (exact) mass is 394 g/mol. The number of carboxylic acids is 1. The van der Waals surface area contributed by atoms with Gasteiger partial charge in [0.05, 0.1) is 16.3 Å². The SMILES string of the molecule is CC(C)N(CC(=O)Nc1nc(CC(=O)[O-])cs1)C(=O)c1ccccc1Cl.